The van der Waals surface area contributed by atoms with Crippen molar-refractivity contribution in [3.8, 4) is 0 Å². The maximum atomic E-state index is 11.9. The Balaban J connectivity index is 2.55. The number of carboxylic acids is 1. The smallest absolute Gasteiger partial charge is 0.318 e. The maximum Gasteiger partial charge on any atom is 0.318 e. The highest BCUT2D eigenvalue weighted by Crippen LogP contribution is 2.26. The molecule has 0 aromatic carbocycles. The van der Waals surface area contributed by atoms with Gasteiger partial charge in [-0.05, 0) is 32.6 Å². The van der Waals surface area contributed by atoms with Crippen molar-refractivity contribution in [1.29, 1.82) is 0 Å². The SMILES string of the molecule is COC1CCCC(S(=O)C(C)C(=O)O)C1. The van der Waals surface area contributed by atoms with E-state index in [0.29, 0.717) is 0 Å². The van der Waals surface area contributed by atoms with Crippen molar-refractivity contribution in [2.24, 2.45) is 0 Å². The van der Waals surface area contributed by atoms with E-state index in [9.17, 15) is 9.00 Å². The van der Waals surface area contributed by atoms with Crippen LogP contribution >= 0.6 is 0 Å². The Hall–Kier alpha value is -0.420. The third-order valence-electron chi connectivity index (χ3n) is 2.94. The minimum Gasteiger partial charge on any atom is -0.480 e. The number of hydrogen-bond acceptors (Lipinski definition) is 3. The van der Waals surface area contributed by atoms with Crippen LogP contribution < -0.4 is 0 Å². The molecule has 1 N–H and O–H groups in total. The molecule has 1 aliphatic carbocycles. The molecule has 1 aliphatic rings. The summed E-state index contributed by atoms with van der Waals surface area (Å²) in [6, 6.07) is 0. The van der Waals surface area contributed by atoms with Crippen LogP contribution in [0.15, 0.2) is 0 Å². The molecular weight excluding hydrogens is 216 g/mol. The predicted molar refractivity (Wildman–Crippen MR) is 58.3 cm³/mol. The van der Waals surface area contributed by atoms with E-state index in [1.165, 1.54) is 6.92 Å². The van der Waals surface area contributed by atoms with Gasteiger partial charge in [0.2, 0.25) is 0 Å². The standard InChI is InChI=1S/C10H18O4S/c1-7(10(11)12)15(13)9-5-3-4-8(6-9)14-2/h7-9H,3-6H2,1-2H3,(H,11,12). The van der Waals surface area contributed by atoms with Crippen LogP contribution in [0.1, 0.15) is 32.6 Å². The van der Waals surface area contributed by atoms with Crippen molar-refractivity contribution in [3.05, 3.63) is 0 Å². The lowest BCUT2D eigenvalue weighted by molar-refractivity contribution is -0.136. The van der Waals surface area contributed by atoms with Crippen LogP contribution in [0.2, 0.25) is 0 Å². The molecule has 88 valence electrons. The Bertz CT molecular complexity index is 254. The second-order valence-electron chi connectivity index (χ2n) is 3.96. The quantitative estimate of drug-likeness (QED) is 0.793. The van der Waals surface area contributed by atoms with E-state index < -0.39 is 22.0 Å². The fourth-order valence-electron chi connectivity index (χ4n) is 1.92. The Kier molecular flexibility index (Phi) is 4.73. The minimum atomic E-state index is -1.28. The number of methoxy groups -OCH3 is 1. The third kappa shape index (κ3) is 3.28. The Morgan fingerprint density at radius 2 is 2.20 bits per heavy atom. The van der Waals surface area contributed by atoms with Gasteiger partial charge >= 0.3 is 5.97 Å². The van der Waals surface area contributed by atoms with E-state index >= 15 is 0 Å². The van der Waals surface area contributed by atoms with E-state index in [1.54, 1.807) is 7.11 Å². The molecule has 4 atom stereocenters. The summed E-state index contributed by atoms with van der Waals surface area (Å²) >= 11 is 0. The van der Waals surface area contributed by atoms with Crippen LogP contribution in [-0.2, 0) is 20.3 Å². The molecule has 0 radical (unpaired) electrons. The lowest BCUT2D eigenvalue weighted by atomic mass is 9.97. The summed E-state index contributed by atoms with van der Waals surface area (Å²) in [7, 11) is 0.366. The summed E-state index contributed by atoms with van der Waals surface area (Å²) in [5.41, 5.74) is 0. The molecule has 15 heavy (non-hydrogen) atoms. The van der Waals surface area contributed by atoms with Gasteiger partial charge < -0.3 is 9.84 Å². The van der Waals surface area contributed by atoms with E-state index in [1.807, 2.05) is 0 Å². The van der Waals surface area contributed by atoms with Crippen molar-refractivity contribution in [3.63, 3.8) is 0 Å². The second-order valence-corrected chi connectivity index (χ2v) is 5.99. The number of aliphatic carboxylic acids is 1. The Morgan fingerprint density at radius 3 is 2.73 bits per heavy atom. The number of carbonyl (C=O) groups is 1. The molecule has 0 saturated heterocycles. The molecule has 4 unspecified atom stereocenters. The normalized spacial score (nSPS) is 30.8. The minimum absolute atomic E-state index is 0.0187. The fourth-order valence-corrected chi connectivity index (χ4v) is 3.49. The van der Waals surface area contributed by atoms with Crippen molar-refractivity contribution in [2.45, 2.75) is 49.2 Å². The number of carboxylic acid groups (broad SMARTS) is 1. The summed E-state index contributed by atoms with van der Waals surface area (Å²) < 4.78 is 17.1. The molecule has 1 fully saturated rings. The first-order valence-electron chi connectivity index (χ1n) is 5.21. The van der Waals surface area contributed by atoms with Gasteiger partial charge in [0.15, 0.2) is 0 Å². The van der Waals surface area contributed by atoms with E-state index in [2.05, 4.69) is 0 Å². The summed E-state index contributed by atoms with van der Waals surface area (Å²) in [5.74, 6) is -0.979. The van der Waals surface area contributed by atoms with Crippen molar-refractivity contribution in [1.82, 2.24) is 0 Å². The highest BCUT2D eigenvalue weighted by atomic mass is 32.2. The van der Waals surface area contributed by atoms with Gasteiger partial charge in [0.05, 0.1) is 6.10 Å². The van der Waals surface area contributed by atoms with Crippen LogP contribution in [-0.4, -0.2) is 39.0 Å². The molecule has 0 heterocycles. The first kappa shape index (κ1) is 12.6. The van der Waals surface area contributed by atoms with Crippen LogP contribution in [0.25, 0.3) is 0 Å². The molecule has 0 aromatic heterocycles. The molecule has 0 aromatic rings. The molecule has 0 amide bonds. The summed E-state index contributed by atoms with van der Waals surface area (Å²) in [6.45, 7) is 1.51. The molecule has 1 saturated carbocycles. The van der Waals surface area contributed by atoms with E-state index in [4.69, 9.17) is 9.84 Å². The summed E-state index contributed by atoms with van der Waals surface area (Å²) in [6.07, 6.45) is 3.69. The zero-order valence-electron chi connectivity index (χ0n) is 9.14. The van der Waals surface area contributed by atoms with Gasteiger partial charge in [-0.25, -0.2) is 0 Å². The van der Waals surface area contributed by atoms with Gasteiger partial charge in [0.25, 0.3) is 0 Å². The summed E-state index contributed by atoms with van der Waals surface area (Å²) in [5, 5.41) is 7.99. The third-order valence-corrected chi connectivity index (χ3v) is 4.92. The molecule has 5 heteroatoms. The highest BCUT2D eigenvalue weighted by Gasteiger charge is 2.31. The highest BCUT2D eigenvalue weighted by molar-refractivity contribution is 7.87. The lowest BCUT2D eigenvalue weighted by Crippen LogP contribution is -2.35. The van der Waals surface area contributed by atoms with Gasteiger partial charge in [0.1, 0.15) is 5.25 Å². The maximum absolute atomic E-state index is 11.9. The van der Waals surface area contributed by atoms with Gasteiger partial charge in [-0.3, -0.25) is 9.00 Å². The molecule has 4 nitrogen and oxygen atoms in total. The zero-order chi connectivity index (χ0) is 11.4. The molecule has 0 spiro atoms. The number of ether oxygens (including phenoxy) is 1. The average molecular weight is 234 g/mol. The van der Waals surface area contributed by atoms with Crippen LogP contribution in [0.5, 0.6) is 0 Å². The zero-order valence-corrected chi connectivity index (χ0v) is 9.96. The topological polar surface area (TPSA) is 63.6 Å². The molecule has 1 rings (SSSR count). The Labute approximate surface area is 92.5 Å². The van der Waals surface area contributed by atoms with Gasteiger partial charge in [0, 0.05) is 23.2 Å². The number of rotatable bonds is 4. The molecule has 0 bridgehead atoms. The fraction of sp³-hybridized carbons (Fsp3) is 0.900. The average Bonchev–Trinajstić information content (AvgIpc) is 2.27. The van der Waals surface area contributed by atoms with Crippen molar-refractivity contribution >= 4 is 16.8 Å². The van der Waals surface area contributed by atoms with Crippen molar-refractivity contribution < 1.29 is 18.8 Å². The monoisotopic (exact) mass is 234 g/mol. The first-order valence-corrected chi connectivity index (χ1v) is 6.48. The van der Waals surface area contributed by atoms with E-state index in [-0.39, 0.29) is 11.4 Å². The molecular formula is C10H18O4S. The predicted octanol–water partition coefficient (Wildman–Crippen LogP) is 1.17. The second kappa shape index (κ2) is 5.61. The lowest BCUT2D eigenvalue weighted by Gasteiger charge is -2.28. The largest absolute Gasteiger partial charge is 0.480 e. The molecule has 0 aliphatic heterocycles. The van der Waals surface area contributed by atoms with Crippen molar-refractivity contribution in [2.75, 3.05) is 7.11 Å². The van der Waals surface area contributed by atoms with Crippen LogP contribution in [0.4, 0.5) is 0 Å². The Morgan fingerprint density at radius 1 is 1.53 bits per heavy atom. The number of hydrogen-bond donors (Lipinski definition) is 1. The van der Waals surface area contributed by atoms with Gasteiger partial charge in [-0.1, -0.05) is 0 Å². The van der Waals surface area contributed by atoms with Gasteiger partial charge in [-0.15, -0.1) is 0 Å². The van der Waals surface area contributed by atoms with Gasteiger partial charge in [-0.2, -0.15) is 0 Å². The van der Waals surface area contributed by atoms with Crippen LogP contribution in [0, 0.1) is 0 Å². The first-order chi connectivity index (χ1) is 7.06. The van der Waals surface area contributed by atoms with Crippen LogP contribution in [0.3, 0.4) is 0 Å². The van der Waals surface area contributed by atoms with E-state index in [0.717, 1.165) is 25.7 Å². The summed E-state index contributed by atoms with van der Waals surface area (Å²) in [4.78, 5) is 10.7.